The highest BCUT2D eigenvalue weighted by atomic mass is 79.9. The maximum Gasteiger partial charge on any atom is 0.258 e. The number of carbonyl (C=O) groups excluding carboxylic acids is 1. The van der Waals surface area contributed by atoms with Crippen molar-refractivity contribution in [2.75, 3.05) is 5.32 Å². The number of H-pyrrole nitrogens is 1. The zero-order chi connectivity index (χ0) is 14.7. The Morgan fingerprint density at radius 1 is 1.24 bits per heavy atom. The van der Waals surface area contributed by atoms with Gasteiger partial charge >= 0.3 is 0 Å². The summed E-state index contributed by atoms with van der Waals surface area (Å²) in [6.07, 6.45) is 1.61. The van der Waals surface area contributed by atoms with Crippen molar-refractivity contribution in [3.05, 3.63) is 52.8 Å². The first-order valence-corrected chi connectivity index (χ1v) is 6.79. The number of aromatic amines is 1. The molecule has 0 saturated carbocycles. The fraction of sp³-hybridized carbons (Fsp3) is 0. The van der Waals surface area contributed by atoms with Crippen LogP contribution < -0.4 is 5.32 Å². The first-order valence-electron chi connectivity index (χ1n) is 6.00. The molecule has 1 aromatic carbocycles. The van der Waals surface area contributed by atoms with Gasteiger partial charge in [0.1, 0.15) is 4.60 Å². The molecule has 0 spiro atoms. The molecule has 0 aliphatic rings. The summed E-state index contributed by atoms with van der Waals surface area (Å²) in [6, 6.07) is 10.6. The lowest BCUT2D eigenvalue weighted by molar-refractivity contribution is 0.102. The van der Waals surface area contributed by atoms with Crippen molar-refractivity contribution in [1.29, 1.82) is 0 Å². The monoisotopic (exact) mass is 344 g/mol. The molecule has 1 amide bonds. The van der Waals surface area contributed by atoms with E-state index < -0.39 is 0 Å². The van der Waals surface area contributed by atoms with Gasteiger partial charge in [-0.1, -0.05) is 12.1 Å². The maximum atomic E-state index is 12.2. The van der Waals surface area contributed by atoms with E-state index in [0.29, 0.717) is 21.7 Å². The van der Waals surface area contributed by atoms with E-state index >= 15 is 0 Å². The molecule has 2 N–H and O–H groups in total. The molecule has 21 heavy (non-hydrogen) atoms. The smallest absolute Gasteiger partial charge is 0.258 e. The van der Waals surface area contributed by atoms with Gasteiger partial charge in [0.05, 0.1) is 5.56 Å². The van der Waals surface area contributed by atoms with Crippen LogP contribution in [0.5, 0.6) is 0 Å². The Morgan fingerprint density at radius 2 is 2.14 bits per heavy atom. The lowest BCUT2D eigenvalue weighted by atomic mass is 10.2. The normalized spacial score (nSPS) is 10.3. The Morgan fingerprint density at radius 3 is 2.90 bits per heavy atom. The van der Waals surface area contributed by atoms with Gasteiger partial charge < -0.3 is 5.32 Å². The van der Waals surface area contributed by atoms with E-state index in [9.17, 15) is 4.79 Å². The summed E-state index contributed by atoms with van der Waals surface area (Å²) < 4.78 is 0.497. The third-order valence-electron chi connectivity index (χ3n) is 2.73. The van der Waals surface area contributed by atoms with Crippen LogP contribution in [-0.2, 0) is 0 Å². The van der Waals surface area contributed by atoms with Crippen molar-refractivity contribution >= 4 is 27.5 Å². The standard InChI is InChI=1S/C13H9BrN6O/c14-11-10(5-2-6-15-11)13(21)16-9-4-1-3-8(7-9)12-17-19-20-18-12/h1-7H,(H,16,21)(H,17,18,19,20). The number of halogens is 1. The van der Waals surface area contributed by atoms with Crippen molar-refractivity contribution in [1.82, 2.24) is 25.6 Å². The maximum absolute atomic E-state index is 12.2. The van der Waals surface area contributed by atoms with Crippen LogP contribution in [0.25, 0.3) is 11.4 Å². The van der Waals surface area contributed by atoms with Gasteiger partial charge in [0.2, 0.25) is 5.82 Å². The van der Waals surface area contributed by atoms with E-state index in [1.165, 1.54) is 0 Å². The van der Waals surface area contributed by atoms with Crippen molar-refractivity contribution in [2.24, 2.45) is 0 Å². The van der Waals surface area contributed by atoms with Crippen LogP contribution in [0, 0.1) is 0 Å². The van der Waals surface area contributed by atoms with Gasteiger partial charge in [0.15, 0.2) is 0 Å². The summed E-state index contributed by atoms with van der Waals surface area (Å²) in [5, 5.41) is 16.5. The molecule has 0 aliphatic carbocycles. The predicted octanol–water partition coefficient (Wildman–Crippen LogP) is 2.28. The van der Waals surface area contributed by atoms with Gasteiger partial charge in [0, 0.05) is 17.4 Å². The van der Waals surface area contributed by atoms with E-state index in [0.717, 1.165) is 5.56 Å². The average Bonchev–Trinajstić information content (AvgIpc) is 3.02. The number of tetrazole rings is 1. The molecule has 0 unspecified atom stereocenters. The van der Waals surface area contributed by atoms with Gasteiger partial charge in [-0.05, 0) is 45.4 Å². The number of nitrogens with zero attached hydrogens (tertiary/aromatic N) is 4. The molecule has 3 rings (SSSR count). The number of amides is 1. The van der Waals surface area contributed by atoms with Gasteiger partial charge in [0.25, 0.3) is 5.91 Å². The van der Waals surface area contributed by atoms with Crippen LogP contribution in [0.4, 0.5) is 5.69 Å². The van der Waals surface area contributed by atoms with Crippen LogP contribution in [0.1, 0.15) is 10.4 Å². The fourth-order valence-electron chi connectivity index (χ4n) is 1.77. The Labute approximate surface area is 127 Å². The topological polar surface area (TPSA) is 96.5 Å². The molecule has 7 nitrogen and oxygen atoms in total. The molecule has 3 aromatic rings. The Hall–Kier alpha value is -2.61. The second-order valence-electron chi connectivity index (χ2n) is 4.11. The highest BCUT2D eigenvalue weighted by Crippen LogP contribution is 2.20. The summed E-state index contributed by atoms with van der Waals surface area (Å²) in [5.74, 6) is 0.217. The summed E-state index contributed by atoms with van der Waals surface area (Å²) in [6.45, 7) is 0. The molecular formula is C13H9BrN6O. The van der Waals surface area contributed by atoms with Gasteiger partial charge in [-0.15, -0.1) is 10.2 Å². The molecule has 104 valence electrons. The number of carbonyl (C=O) groups is 1. The molecular weight excluding hydrogens is 336 g/mol. The van der Waals surface area contributed by atoms with Gasteiger partial charge in [-0.25, -0.2) is 4.98 Å². The minimum absolute atomic E-state index is 0.250. The number of aromatic nitrogens is 5. The molecule has 0 atom stereocenters. The molecule has 0 fully saturated rings. The van der Waals surface area contributed by atoms with E-state index in [1.54, 1.807) is 36.5 Å². The molecule has 0 radical (unpaired) electrons. The van der Waals surface area contributed by atoms with Crippen molar-refractivity contribution in [3.63, 3.8) is 0 Å². The zero-order valence-electron chi connectivity index (χ0n) is 10.6. The van der Waals surface area contributed by atoms with Crippen molar-refractivity contribution < 1.29 is 4.79 Å². The molecule has 2 aromatic heterocycles. The molecule has 8 heteroatoms. The van der Waals surface area contributed by atoms with Crippen molar-refractivity contribution in [2.45, 2.75) is 0 Å². The third kappa shape index (κ3) is 2.95. The number of nitrogens with one attached hydrogen (secondary N) is 2. The van der Waals surface area contributed by atoms with Gasteiger partial charge in [-0.3, -0.25) is 4.79 Å². The van der Waals surface area contributed by atoms with Crippen LogP contribution in [-0.4, -0.2) is 31.5 Å². The Kier molecular flexibility index (Phi) is 3.69. The quantitative estimate of drug-likeness (QED) is 0.710. The lowest BCUT2D eigenvalue weighted by Crippen LogP contribution is -2.13. The number of anilines is 1. The van der Waals surface area contributed by atoms with E-state index in [1.807, 2.05) is 6.07 Å². The first-order chi connectivity index (χ1) is 10.2. The van der Waals surface area contributed by atoms with Crippen molar-refractivity contribution in [3.8, 4) is 11.4 Å². The van der Waals surface area contributed by atoms with Crippen LogP contribution in [0.15, 0.2) is 47.2 Å². The largest absolute Gasteiger partial charge is 0.322 e. The Bertz CT molecular complexity index is 774. The fourth-order valence-corrected chi connectivity index (χ4v) is 2.20. The second kappa shape index (κ2) is 5.80. The van der Waals surface area contributed by atoms with Crippen LogP contribution in [0.2, 0.25) is 0 Å². The Balaban J connectivity index is 1.84. The molecule has 0 saturated heterocycles. The number of pyridine rings is 1. The third-order valence-corrected chi connectivity index (χ3v) is 3.36. The highest BCUT2D eigenvalue weighted by molar-refractivity contribution is 9.10. The number of benzene rings is 1. The van der Waals surface area contributed by atoms with Gasteiger partial charge in [-0.2, -0.15) is 5.21 Å². The minimum Gasteiger partial charge on any atom is -0.322 e. The first kappa shape index (κ1) is 13.4. The SMILES string of the molecule is O=C(Nc1cccc(-c2nn[nH]n2)c1)c1cccnc1Br. The summed E-state index contributed by atoms with van der Waals surface area (Å²) >= 11 is 3.25. The summed E-state index contributed by atoms with van der Waals surface area (Å²) in [4.78, 5) is 16.2. The predicted molar refractivity (Wildman–Crippen MR) is 79.5 cm³/mol. The van der Waals surface area contributed by atoms with E-state index in [-0.39, 0.29) is 5.91 Å². The molecule has 0 bridgehead atoms. The minimum atomic E-state index is -0.250. The highest BCUT2D eigenvalue weighted by Gasteiger charge is 2.11. The molecule has 2 heterocycles. The zero-order valence-corrected chi connectivity index (χ0v) is 12.2. The van der Waals surface area contributed by atoms with E-state index in [4.69, 9.17) is 0 Å². The summed E-state index contributed by atoms with van der Waals surface area (Å²) in [5.41, 5.74) is 1.85. The second-order valence-corrected chi connectivity index (χ2v) is 4.86. The van der Waals surface area contributed by atoms with Crippen LogP contribution in [0.3, 0.4) is 0 Å². The average molecular weight is 345 g/mol. The summed E-state index contributed by atoms with van der Waals surface area (Å²) in [7, 11) is 0. The number of rotatable bonds is 3. The number of hydrogen-bond acceptors (Lipinski definition) is 5. The van der Waals surface area contributed by atoms with Crippen LogP contribution >= 0.6 is 15.9 Å². The van der Waals surface area contributed by atoms with E-state index in [2.05, 4.69) is 46.9 Å². The molecule has 0 aliphatic heterocycles. The number of hydrogen-bond donors (Lipinski definition) is 2. The lowest BCUT2D eigenvalue weighted by Gasteiger charge is -2.07.